The van der Waals surface area contributed by atoms with E-state index in [1.165, 1.54) is 167 Å². The zero-order valence-electron chi connectivity index (χ0n) is 44.1. The standard InChI is InChI=1S/C75H60/c1-7-43-25-31-51-52-32-26-44(8-2)38-62(52)74(61(51)37-43)60-24-18-15-21-55(60)67-70-68(56-35-29-47(11-5)41-65(56)73(70)58-22-16-13-19-49(58)50-20-14-17-23-59(50)73)72-69(71(67)74)57-36-30-48(12-6)42-66(57)75(72)63-39-45(9-3)27-33-53(63)54-34-28-46(10-4)40-64(54)75/h13-42H,7-12H2,1-6H3. The Labute approximate surface area is 442 Å². The van der Waals surface area contributed by atoms with Gasteiger partial charge in [-0.2, -0.15) is 0 Å². The van der Waals surface area contributed by atoms with Gasteiger partial charge in [-0.15, -0.1) is 0 Å². The molecular formula is C75H60. The average Bonchev–Trinajstić information content (AvgIpc) is 3.67. The van der Waals surface area contributed by atoms with Gasteiger partial charge in [0.05, 0.1) is 16.2 Å². The lowest BCUT2D eigenvalue weighted by Crippen LogP contribution is -2.31. The highest BCUT2D eigenvalue weighted by Gasteiger charge is 2.64. The van der Waals surface area contributed by atoms with Crippen molar-refractivity contribution >= 4 is 0 Å². The average molecular weight is 961 g/mol. The van der Waals surface area contributed by atoms with E-state index in [0.29, 0.717) is 0 Å². The van der Waals surface area contributed by atoms with E-state index in [-0.39, 0.29) is 0 Å². The van der Waals surface area contributed by atoms with Crippen molar-refractivity contribution in [3.8, 4) is 66.8 Å². The minimum atomic E-state index is -0.614. The highest BCUT2D eigenvalue weighted by atomic mass is 14.7. The third-order valence-corrected chi connectivity index (χ3v) is 19.7. The summed E-state index contributed by atoms with van der Waals surface area (Å²) in [7, 11) is 0. The summed E-state index contributed by atoms with van der Waals surface area (Å²) in [6, 6.07) is 74.4. The number of rotatable bonds is 6. The van der Waals surface area contributed by atoms with Crippen molar-refractivity contribution in [2.45, 2.75) is 96.3 Å². The molecule has 16 rings (SSSR count). The summed E-state index contributed by atoms with van der Waals surface area (Å²) in [6.45, 7) is 14.0. The van der Waals surface area contributed by atoms with Crippen molar-refractivity contribution in [1.29, 1.82) is 0 Å². The molecule has 0 heterocycles. The summed E-state index contributed by atoms with van der Waals surface area (Å²) in [5.74, 6) is 0. The Kier molecular flexibility index (Phi) is 8.82. The maximum atomic E-state index is 2.67. The van der Waals surface area contributed by atoms with Gasteiger partial charge in [0.25, 0.3) is 0 Å². The second-order valence-electron chi connectivity index (χ2n) is 22.5. The maximum absolute atomic E-state index is 2.67. The molecule has 0 atom stereocenters. The van der Waals surface area contributed by atoms with Crippen molar-refractivity contribution < 1.29 is 0 Å². The second-order valence-corrected chi connectivity index (χ2v) is 22.5. The van der Waals surface area contributed by atoms with Crippen LogP contribution < -0.4 is 0 Å². The highest BCUT2D eigenvalue weighted by Crippen LogP contribution is 2.77. The van der Waals surface area contributed by atoms with Crippen molar-refractivity contribution in [3.05, 3.63) is 282 Å². The molecule has 6 aliphatic carbocycles. The Balaban J connectivity index is 1.24. The maximum Gasteiger partial charge on any atom is 0.0732 e. The smallest absolute Gasteiger partial charge is 0.0619 e. The normalized spacial score (nSPS) is 15.4. The van der Waals surface area contributed by atoms with E-state index in [0.717, 1.165) is 38.5 Å². The Hall–Kier alpha value is -7.80. The van der Waals surface area contributed by atoms with Crippen LogP contribution in [0.1, 0.15) is 142 Å². The molecule has 0 heteroatoms. The van der Waals surface area contributed by atoms with Gasteiger partial charge < -0.3 is 0 Å². The summed E-state index contributed by atoms with van der Waals surface area (Å²) in [5.41, 5.74) is 40.5. The van der Waals surface area contributed by atoms with Crippen molar-refractivity contribution in [2.75, 3.05) is 0 Å². The van der Waals surface area contributed by atoms with Gasteiger partial charge in [-0.05, 0) is 205 Å². The lowest BCUT2D eigenvalue weighted by molar-refractivity contribution is 0.760. The van der Waals surface area contributed by atoms with E-state index in [4.69, 9.17) is 0 Å². The van der Waals surface area contributed by atoms with Crippen molar-refractivity contribution in [3.63, 3.8) is 0 Å². The molecule has 0 unspecified atom stereocenters. The first kappa shape index (κ1) is 43.6. The summed E-state index contributed by atoms with van der Waals surface area (Å²) < 4.78 is 0. The van der Waals surface area contributed by atoms with Crippen LogP contribution in [0, 0.1) is 0 Å². The van der Waals surface area contributed by atoms with Crippen LogP contribution in [0.15, 0.2) is 182 Å². The minimum absolute atomic E-state index is 0.604. The fourth-order valence-corrected chi connectivity index (χ4v) is 16.4. The molecule has 10 aromatic rings. The van der Waals surface area contributed by atoms with Gasteiger partial charge in [0.15, 0.2) is 0 Å². The lowest BCUT2D eigenvalue weighted by Gasteiger charge is -2.38. The van der Waals surface area contributed by atoms with Crippen LogP contribution in [0.4, 0.5) is 0 Å². The van der Waals surface area contributed by atoms with Crippen LogP contribution in [0.5, 0.6) is 0 Å². The molecule has 0 aliphatic heterocycles. The summed E-state index contributed by atoms with van der Waals surface area (Å²) in [4.78, 5) is 0. The SMILES string of the molecule is CCc1ccc2c(c1)C1(c3cc(CC)ccc3-2)c2ccccc2-c2c1c1c(c3c2C2(c4ccccc4-c4ccccc42)c2cc(CC)ccc2-3)C2(c3cc(CC)ccc3-c3ccc(CC)cc32)c2cc(CC)ccc2-1. The molecule has 0 amide bonds. The zero-order valence-corrected chi connectivity index (χ0v) is 44.1. The van der Waals surface area contributed by atoms with E-state index in [1.807, 2.05) is 0 Å². The van der Waals surface area contributed by atoms with Gasteiger partial charge in [0.1, 0.15) is 0 Å². The number of fused-ring (bicyclic) bond motifs is 33. The first-order valence-corrected chi connectivity index (χ1v) is 28.3. The van der Waals surface area contributed by atoms with Gasteiger partial charge in [-0.3, -0.25) is 0 Å². The van der Waals surface area contributed by atoms with Gasteiger partial charge in [-0.1, -0.05) is 224 Å². The largest absolute Gasteiger partial charge is 0.0732 e. The van der Waals surface area contributed by atoms with Gasteiger partial charge >= 0.3 is 0 Å². The molecule has 0 N–H and O–H groups in total. The van der Waals surface area contributed by atoms with Crippen LogP contribution in [-0.2, 0) is 54.8 Å². The Bertz CT molecular complexity index is 4050. The Morgan fingerprint density at radius 3 is 0.720 bits per heavy atom. The molecule has 0 saturated carbocycles. The third kappa shape index (κ3) is 4.93. The van der Waals surface area contributed by atoms with E-state index in [9.17, 15) is 0 Å². The number of hydrogen-bond donors (Lipinski definition) is 0. The lowest BCUT2D eigenvalue weighted by atomic mass is 9.62. The Morgan fingerprint density at radius 2 is 0.413 bits per heavy atom. The van der Waals surface area contributed by atoms with Crippen LogP contribution in [0.2, 0.25) is 0 Å². The molecule has 6 aliphatic rings. The van der Waals surface area contributed by atoms with E-state index < -0.39 is 16.2 Å². The number of benzene rings is 10. The first-order valence-electron chi connectivity index (χ1n) is 28.3. The van der Waals surface area contributed by atoms with E-state index in [2.05, 4.69) is 224 Å². The van der Waals surface area contributed by atoms with Gasteiger partial charge in [-0.25, -0.2) is 0 Å². The quantitative estimate of drug-likeness (QED) is 0.156. The molecule has 360 valence electrons. The van der Waals surface area contributed by atoms with E-state index in [1.54, 1.807) is 0 Å². The van der Waals surface area contributed by atoms with Gasteiger partial charge in [0, 0.05) is 0 Å². The molecule has 0 nitrogen and oxygen atoms in total. The molecule has 0 fully saturated rings. The predicted molar refractivity (Wildman–Crippen MR) is 312 cm³/mol. The summed E-state index contributed by atoms with van der Waals surface area (Å²) >= 11 is 0. The third-order valence-electron chi connectivity index (χ3n) is 19.7. The van der Waals surface area contributed by atoms with Crippen LogP contribution in [-0.4, -0.2) is 0 Å². The minimum Gasteiger partial charge on any atom is -0.0619 e. The molecule has 0 bridgehead atoms. The first-order chi connectivity index (χ1) is 36.9. The summed E-state index contributed by atoms with van der Waals surface area (Å²) in [6.07, 6.45) is 5.83. The predicted octanol–water partition coefficient (Wildman–Crippen LogP) is 18.1. The Morgan fingerprint density at radius 1 is 0.213 bits per heavy atom. The molecule has 0 saturated heterocycles. The second kappa shape index (κ2) is 15.2. The molecule has 0 radical (unpaired) electrons. The molecule has 3 spiro atoms. The fourth-order valence-electron chi connectivity index (χ4n) is 16.4. The van der Waals surface area contributed by atoms with E-state index >= 15 is 0 Å². The molecule has 75 heavy (non-hydrogen) atoms. The van der Waals surface area contributed by atoms with Crippen LogP contribution in [0.3, 0.4) is 0 Å². The van der Waals surface area contributed by atoms with Crippen molar-refractivity contribution in [1.82, 2.24) is 0 Å². The number of hydrogen-bond acceptors (Lipinski definition) is 0. The molecular weight excluding hydrogens is 901 g/mol. The topological polar surface area (TPSA) is 0 Å². The zero-order chi connectivity index (χ0) is 50.3. The molecule has 0 aromatic heterocycles. The summed E-state index contributed by atoms with van der Waals surface area (Å²) in [5, 5.41) is 0. The van der Waals surface area contributed by atoms with Crippen LogP contribution in [0.25, 0.3) is 66.8 Å². The van der Waals surface area contributed by atoms with Gasteiger partial charge in [0.2, 0.25) is 0 Å². The van der Waals surface area contributed by atoms with Crippen LogP contribution >= 0.6 is 0 Å². The monoisotopic (exact) mass is 960 g/mol. The fraction of sp³-hybridized carbons (Fsp3) is 0.200. The highest BCUT2D eigenvalue weighted by molar-refractivity contribution is 6.13. The molecule has 10 aromatic carbocycles. The number of aryl methyl sites for hydroxylation is 6. The van der Waals surface area contributed by atoms with Crippen molar-refractivity contribution in [2.24, 2.45) is 0 Å².